The molecular formula is C88H54O. The molecule has 0 aliphatic rings. The molecule has 17 aromatic carbocycles. The van der Waals surface area contributed by atoms with Crippen LogP contribution in [0.5, 0.6) is 0 Å². The molecular weight excluding hydrogens is 1070 g/mol. The summed E-state index contributed by atoms with van der Waals surface area (Å²) in [5, 5.41) is 19.4. The van der Waals surface area contributed by atoms with E-state index in [9.17, 15) is 0 Å². The lowest BCUT2D eigenvalue weighted by Crippen LogP contribution is -1.93. The van der Waals surface area contributed by atoms with Gasteiger partial charge in [0.2, 0.25) is 0 Å². The van der Waals surface area contributed by atoms with E-state index < -0.39 is 0 Å². The lowest BCUT2D eigenvalue weighted by molar-refractivity contribution is 0.670. The van der Waals surface area contributed by atoms with Crippen molar-refractivity contribution in [3.05, 3.63) is 328 Å². The van der Waals surface area contributed by atoms with E-state index in [4.69, 9.17) is 4.42 Å². The molecule has 0 radical (unpaired) electrons. The molecule has 1 nitrogen and oxygen atoms in total. The van der Waals surface area contributed by atoms with Gasteiger partial charge in [-0.1, -0.05) is 297 Å². The molecule has 1 heterocycles. The zero-order valence-corrected chi connectivity index (χ0v) is 48.6. The molecule has 1 heteroatoms. The van der Waals surface area contributed by atoms with Gasteiger partial charge in [-0.3, -0.25) is 0 Å². The second-order valence-corrected chi connectivity index (χ2v) is 23.7. The van der Waals surface area contributed by atoms with Gasteiger partial charge in [0.05, 0.1) is 0 Å². The van der Waals surface area contributed by atoms with Crippen molar-refractivity contribution in [2.75, 3.05) is 0 Å². The van der Waals surface area contributed by atoms with E-state index in [1.54, 1.807) is 0 Å². The minimum Gasteiger partial charge on any atom is -0.455 e. The summed E-state index contributed by atoms with van der Waals surface area (Å²) in [6.45, 7) is 0. The molecule has 412 valence electrons. The van der Waals surface area contributed by atoms with E-state index in [1.165, 1.54) is 153 Å². The third kappa shape index (κ3) is 8.31. The van der Waals surface area contributed by atoms with Crippen molar-refractivity contribution in [3.8, 4) is 89.0 Å². The molecule has 0 aliphatic heterocycles. The Morgan fingerprint density at radius 3 is 1.22 bits per heavy atom. The van der Waals surface area contributed by atoms with Crippen LogP contribution < -0.4 is 0 Å². The van der Waals surface area contributed by atoms with Crippen molar-refractivity contribution in [1.29, 1.82) is 0 Å². The van der Waals surface area contributed by atoms with Gasteiger partial charge in [0.25, 0.3) is 0 Å². The van der Waals surface area contributed by atoms with Crippen molar-refractivity contribution < 1.29 is 4.42 Å². The Balaban J connectivity index is 0.768. The molecule has 0 aliphatic carbocycles. The second kappa shape index (κ2) is 20.5. The molecule has 0 atom stereocenters. The van der Waals surface area contributed by atoms with Crippen LogP contribution in [0, 0.1) is 0 Å². The first-order chi connectivity index (χ1) is 44.1. The fourth-order valence-electron chi connectivity index (χ4n) is 14.7. The highest BCUT2D eigenvalue weighted by atomic mass is 16.3. The van der Waals surface area contributed by atoms with Gasteiger partial charge >= 0.3 is 0 Å². The summed E-state index contributed by atoms with van der Waals surface area (Å²) in [4.78, 5) is 0. The van der Waals surface area contributed by atoms with Crippen LogP contribution in [0.3, 0.4) is 0 Å². The van der Waals surface area contributed by atoms with Gasteiger partial charge in [-0.05, 0) is 189 Å². The summed E-state index contributed by atoms with van der Waals surface area (Å²) < 4.78 is 6.65. The first-order valence-electron chi connectivity index (χ1n) is 30.8. The summed E-state index contributed by atoms with van der Waals surface area (Å²) in [7, 11) is 0. The SMILES string of the molecule is c1ccc(-c2c3ccccc3c(-c3ccc(-c4cccc5cc(-c6c7ccccc7c(-c7ccc8ccccc8c7)c7cc(-c8ccc(-c9cccc%10ccccc9%10)cc8)ccc67)ccc45)cc3)c3cc(-c4cccc5c4oc4ccccc45)ccc23)cc1. The summed E-state index contributed by atoms with van der Waals surface area (Å²) in [5.74, 6) is 0. The number of para-hydroxylation sites is 2. The van der Waals surface area contributed by atoms with E-state index in [0.29, 0.717) is 0 Å². The number of rotatable bonds is 8. The smallest absolute Gasteiger partial charge is 0.143 e. The predicted octanol–water partition coefficient (Wildman–Crippen LogP) is 25.0. The molecule has 18 rings (SSSR count). The molecule has 0 amide bonds. The Hall–Kier alpha value is -11.6. The minimum atomic E-state index is 0.899. The Labute approximate surface area is 515 Å². The zero-order valence-electron chi connectivity index (χ0n) is 48.6. The van der Waals surface area contributed by atoms with Gasteiger partial charge in [-0.15, -0.1) is 0 Å². The molecule has 0 bridgehead atoms. The average Bonchev–Trinajstić information content (AvgIpc) is 1.54. The maximum atomic E-state index is 6.65. The highest BCUT2D eigenvalue weighted by molar-refractivity contribution is 6.24. The highest BCUT2D eigenvalue weighted by Crippen LogP contribution is 2.49. The average molecular weight is 1130 g/mol. The van der Waals surface area contributed by atoms with Crippen molar-refractivity contribution in [2.24, 2.45) is 0 Å². The quantitative estimate of drug-likeness (QED) is 0.138. The fraction of sp³-hybridized carbons (Fsp3) is 0. The van der Waals surface area contributed by atoms with Gasteiger partial charge in [0, 0.05) is 16.3 Å². The number of hydrogen-bond acceptors (Lipinski definition) is 1. The maximum absolute atomic E-state index is 6.65. The van der Waals surface area contributed by atoms with Gasteiger partial charge in [0.1, 0.15) is 11.2 Å². The Bertz CT molecular complexity index is 5880. The number of fused-ring (bicyclic) bond motifs is 10. The molecule has 0 saturated heterocycles. The van der Waals surface area contributed by atoms with E-state index in [1.807, 2.05) is 6.07 Å². The van der Waals surface area contributed by atoms with Crippen LogP contribution in [-0.2, 0) is 0 Å². The van der Waals surface area contributed by atoms with Crippen LogP contribution in [0.4, 0.5) is 0 Å². The number of benzene rings is 17. The zero-order chi connectivity index (χ0) is 58.5. The van der Waals surface area contributed by atoms with Crippen LogP contribution in [0.25, 0.3) is 186 Å². The van der Waals surface area contributed by atoms with E-state index in [-0.39, 0.29) is 0 Å². The Morgan fingerprint density at radius 2 is 0.539 bits per heavy atom. The van der Waals surface area contributed by atoms with Crippen LogP contribution in [0.1, 0.15) is 0 Å². The minimum absolute atomic E-state index is 0.899. The molecule has 0 N–H and O–H groups in total. The Kier molecular flexibility index (Phi) is 11.7. The number of furan rings is 1. The second-order valence-electron chi connectivity index (χ2n) is 23.7. The summed E-state index contributed by atoms with van der Waals surface area (Å²) in [6.07, 6.45) is 0. The van der Waals surface area contributed by atoms with Gasteiger partial charge < -0.3 is 4.42 Å². The first-order valence-corrected chi connectivity index (χ1v) is 30.8. The van der Waals surface area contributed by atoms with E-state index >= 15 is 0 Å². The largest absolute Gasteiger partial charge is 0.455 e. The van der Waals surface area contributed by atoms with Gasteiger partial charge in [-0.25, -0.2) is 0 Å². The van der Waals surface area contributed by atoms with Crippen LogP contribution in [0.15, 0.2) is 332 Å². The molecule has 0 spiro atoms. The molecule has 0 unspecified atom stereocenters. The molecule has 0 saturated carbocycles. The van der Waals surface area contributed by atoms with Crippen molar-refractivity contribution >= 4 is 97.3 Å². The summed E-state index contributed by atoms with van der Waals surface area (Å²) >= 11 is 0. The van der Waals surface area contributed by atoms with Crippen molar-refractivity contribution in [1.82, 2.24) is 0 Å². The highest BCUT2D eigenvalue weighted by Gasteiger charge is 2.22. The lowest BCUT2D eigenvalue weighted by Gasteiger charge is -2.20. The van der Waals surface area contributed by atoms with Crippen molar-refractivity contribution in [2.45, 2.75) is 0 Å². The number of hydrogen-bond donors (Lipinski definition) is 0. The monoisotopic (exact) mass is 1130 g/mol. The third-order valence-corrected chi connectivity index (χ3v) is 18.8. The molecule has 89 heavy (non-hydrogen) atoms. The standard InChI is InChI=1S/C88H54O/c1-2-19-60(20-3-1)84-74-26-8-9-27-75(74)85(82-54-65(46-50-78(82)84)72-32-16-33-80-73-25-12-13-34-83(73)89-88(72)80)61-42-40-59(41-43-61)70-31-15-23-64-52-67(47-48-71(64)70)86-76-28-10-11-29-77(76)87(66-44-37-55-17-4-5-21-62(55)51-66)81-53-63(45-49-79(81)86)56-35-38-58(39-36-56)69-30-14-22-57-18-6-7-24-68(57)69/h1-54H. The van der Waals surface area contributed by atoms with Crippen LogP contribution in [0.2, 0.25) is 0 Å². The van der Waals surface area contributed by atoms with Crippen molar-refractivity contribution in [3.63, 3.8) is 0 Å². The third-order valence-electron chi connectivity index (χ3n) is 18.8. The van der Waals surface area contributed by atoms with E-state index in [0.717, 1.165) is 33.1 Å². The molecule has 1 aromatic heterocycles. The normalized spacial score (nSPS) is 11.8. The summed E-state index contributed by atoms with van der Waals surface area (Å²) in [6, 6.07) is 121. The summed E-state index contributed by atoms with van der Waals surface area (Å²) in [5.41, 5.74) is 20.9. The van der Waals surface area contributed by atoms with Gasteiger partial charge in [0.15, 0.2) is 0 Å². The molecule has 18 aromatic rings. The topological polar surface area (TPSA) is 13.1 Å². The van der Waals surface area contributed by atoms with E-state index in [2.05, 4.69) is 322 Å². The van der Waals surface area contributed by atoms with Crippen LogP contribution >= 0.6 is 0 Å². The first kappa shape index (κ1) is 50.7. The molecule has 0 fully saturated rings. The fourth-order valence-corrected chi connectivity index (χ4v) is 14.7. The Morgan fingerprint density at radius 1 is 0.157 bits per heavy atom. The van der Waals surface area contributed by atoms with Gasteiger partial charge in [-0.2, -0.15) is 0 Å². The lowest BCUT2D eigenvalue weighted by atomic mass is 9.83. The predicted molar refractivity (Wildman–Crippen MR) is 380 cm³/mol. The maximum Gasteiger partial charge on any atom is 0.143 e. The van der Waals surface area contributed by atoms with Crippen LogP contribution in [-0.4, -0.2) is 0 Å².